The Kier molecular flexibility index (Phi) is 4.47. The van der Waals surface area contributed by atoms with Gasteiger partial charge in [-0.25, -0.2) is 4.79 Å². The van der Waals surface area contributed by atoms with Gasteiger partial charge in [-0.05, 0) is 30.7 Å². The summed E-state index contributed by atoms with van der Waals surface area (Å²) in [4.78, 5) is 25.8. The molecule has 104 valence electrons. The summed E-state index contributed by atoms with van der Waals surface area (Å²) in [5, 5.41) is 0.877. The van der Waals surface area contributed by atoms with Gasteiger partial charge in [-0.2, -0.15) is 0 Å². The van der Waals surface area contributed by atoms with Crippen molar-refractivity contribution in [3.63, 3.8) is 0 Å². The molecule has 2 aromatic rings. The van der Waals surface area contributed by atoms with Gasteiger partial charge in [0.25, 0.3) is 0 Å². The molecule has 0 unspecified atom stereocenters. The molecule has 0 aliphatic rings. The molecule has 2 rings (SSSR count). The first-order valence-corrected chi connectivity index (χ1v) is 6.63. The van der Waals surface area contributed by atoms with Crippen molar-refractivity contribution >= 4 is 29.2 Å². The summed E-state index contributed by atoms with van der Waals surface area (Å²) in [5.74, 6) is -0.565. The fourth-order valence-electron chi connectivity index (χ4n) is 1.80. The number of ether oxygens (including phenoxy) is 1. The van der Waals surface area contributed by atoms with Crippen LogP contribution < -0.4 is 5.56 Å². The number of carbonyl (C=O) groups is 1. The molecule has 0 saturated heterocycles. The van der Waals surface area contributed by atoms with Gasteiger partial charge in [0.1, 0.15) is 0 Å². The highest BCUT2D eigenvalue weighted by Crippen LogP contribution is 2.28. The van der Waals surface area contributed by atoms with Crippen molar-refractivity contribution < 1.29 is 9.53 Å². The molecule has 0 radical (unpaired) electrons. The maximum atomic E-state index is 11.9. The van der Waals surface area contributed by atoms with Crippen LogP contribution in [0.5, 0.6) is 0 Å². The largest absolute Gasteiger partial charge is 0.462 e. The zero-order valence-corrected chi connectivity index (χ0v) is 12.1. The first kappa shape index (κ1) is 14.6. The van der Waals surface area contributed by atoms with Crippen LogP contribution in [0.25, 0.3) is 11.1 Å². The number of H-pyrrole nitrogens is 1. The normalized spacial score (nSPS) is 10.3. The van der Waals surface area contributed by atoms with E-state index in [1.165, 1.54) is 12.3 Å². The van der Waals surface area contributed by atoms with Crippen molar-refractivity contribution in [1.29, 1.82) is 0 Å². The molecule has 0 spiro atoms. The second-order valence-corrected chi connectivity index (χ2v) is 4.88. The number of esters is 1. The molecule has 0 aliphatic carbocycles. The number of nitrogens with one attached hydrogen (secondary N) is 1. The highest BCUT2D eigenvalue weighted by molar-refractivity contribution is 6.35. The van der Waals surface area contributed by atoms with Crippen LogP contribution in [0, 0.1) is 0 Å². The number of aromatic nitrogens is 1. The van der Waals surface area contributed by atoms with Crippen LogP contribution in [0.2, 0.25) is 10.0 Å². The number of benzene rings is 1. The lowest BCUT2D eigenvalue weighted by Gasteiger charge is -2.09. The minimum atomic E-state index is -0.565. The second kappa shape index (κ2) is 6.11. The van der Waals surface area contributed by atoms with Gasteiger partial charge in [0.05, 0.1) is 12.2 Å². The quantitative estimate of drug-likeness (QED) is 0.882. The molecule has 1 heterocycles. The second-order valence-electron chi connectivity index (χ2n) is 4.00. The topological polar surface area (TPSA) is 59.2 Å². The van der Waals surface area contributed by atoms with E-state index in [1.54, 1.807) is 25.1 Å². The minimum absolute atomic E-state index is 0.175. The molecule has 6 heteroatoms. The fraction of sp³-hybridized carbons (Fsp3) is 0.143. The van der Waals surface area contributed by atoms with Gasteiger partial charge in [-0.3, -0.25) is 4.79 Å². The number of carbonyl (C=O) groups excluding carboxylic acids is 1. The first-order valence-electron chi connectivity index (χ1n) is 5.87. The molecule has 1 aromatic carbocycles. The standard InChI is InChI=1S/C14H11Cl2NO3/c1-2-20-14(19)11-6-13(18)17-7-12(11)8-3-9(15)5-10(16)4-8/h3-7H,2H2,1H3,(H,17,18). The van der Waals surface area contributed by atoms with Gasteiger partial charge in [0, 0.05) is 27.9 Å². The van der Waals surface area contributed by atoms with E-state index in [9.17, 15) is 9.59 Å². The first-order chi connectivity index (χ1) is 9.51. The Morgan fingerprint density at radius 2 is 1.85 bits per heavy atom. The summed E-state index contributed by atoms with van der Waals surface area (Å²) >= 11 is 11.9. The molecule has 4 nitrogen and oxygen atoms in total. The molecule has 1 aromatic heterocycles. The van der Waals surface area contributed by atoms with E-state index >= 15 is 0 Å². The van der Waals surface area contributed by atoms with Crippen LogP contribution in [-0.4, -0.2) is 17.6 Å². The van der Waals surface area contributed by atoms with Crippen molar-refractivity contribution in [3.05, 3.63) is 56.4 Å². The molecule has 0 fully saturated rings. The molecule has 0 bridgehead atoms. The van der Waals surface area contributed by atoms with Crippen molar-refractivity contribution in [2.45, 2.75) is 6.92 Å². The average molecular weight is 312 g/mol. The van der Waals surface area contributed by atoms with E-state index in [0.29, 0.717) is 21.2 Å². The molecule has 20 heavy (non-hydrogen) atoms. The molecule has 0 saturated carbocycles. The van der Waals surface area contributed by atoms with Gasteiger partial charge in [-0.15, -0.1) is 0 Å². The van der Waals surface area contributed by atoms with E-state index < -0.39 is 5.97 Å². The molecule has 0 atom stereocenters. The number of halogens is 2. The lowest BCUT2D eigenvalue weighted by Crippen LogP contribution is -2.13. The third-order valence-corrected chi connectivity index (χ3v) is 3.03. The predicted molar refractivity (Wildman–Crippen MR) is 78.5 cm³/mol. The maximum Gasteiger partial charge on any atom is 0.339 e. The van der Waals surface area contributed by atoms with Crippen LogP contribution in [0.4, 0.5) is 0 Å². The highest BCUT2D eigenvalue weighted by Gasteiger charge is 2.15. The Bertz CT molecular complexity index is 690. The Labute approximate surface area is 125 Å². The fourth-order valence-corrected chi connectivity index (χ4v) is 2.32. The number of rotatable bonds is 3. The van der Waals surface area contributed by atoms with Crippen LogP contribution in [0.15, 0.2) is 35.3 Å². The van der Waals surface area contributed by atoms with Crippen molar-refractivity contribution in [1.82, 2.24) is 4.98 Å². The van der Waals surface area contributed by atoms with E-state index in [0.717, 1.165) is 0 Å². The summed E-state index contributed by atoms with van der Waals surface area (Å²) in [6.45, 7) is 1.92. The molecular formula is C14H11Cl2NO3. The number of aromatic amines is 1. The Morgan fingerprint density at radius 1 is 1.20 bits per heavy atom. The SMILES string of the molecule is CCOC(=O)c1cc(=O)[nH]cc1-c1cc(Cl)cc(Cl)c1. The average Bonchev–Trinajstić information content (AvgIpc) is 2.37. The third kappa shape index (κ3) is 3.21. The van der Waals surface area contributed by atoms with Crippen LogP contribution in [0.3, 0.4) is 0 Å². The van der Waals surface area contributed by atoms with Crippen LogP contribution in [0.1, 0.15) is 17.3 Å². The molecule has 0 amide bonds. The Balaban J connectivity index is 2.61. The zero-order chi connectivity index (χ0) is 14.7. The molecule has 1 N–H and O–H groups in total. The van der Waals surface area contributed by atoms with Gasteiger partial charge in [0.15, 0.2) is 0 Å². The summed E-state index contributed by atoms with van der Waals surface area (Å²) in [6, 6.07) is 6.10. The zero-order valence-electron chi connectivity index (χ0n) is 10.6. The number of hydrogen-bond donors (Lipinski definition) is 1. The summed E-state index contributed by atoms with van der Waals surface area (Å²) in [6.07, 6.45) is 1.44. The Morgan fingerprint density at radius 3 is 2.45 bits per heavy atom. The maximum absolute atomic E-state index is 11.9. The van der Waals surface area contributed by atoms with Gasteiger partial charge < -0.3 is 9.72 Å². The van der Waals surface area contributed by atoms with Crippen LogP contribution >= 0.6 is 23.2 Å². The van der Waals surface area contributed by atoms with Gasteiger partial charge in [-0.1, -0.05) is 23.2 Å². The molecule has 0 aliphatic heterocycles. The van der Waals surface area contributed by atoms with Crippen molar-refractivity contribution in [2.75, 3.05) is 6.61 Å². The highest BCUT2D eigenvalue weighted by atomic mass is 35.5. The predicted octanol–water partition coefficient (Wildman–Crippen LogP) is 3.53. The van der Waals surface area contributed by atoms with Gasteiger partial charge >= 0.3 is 5.97 Å². The van der Waals surface area contributed by atoms with Crippen molar-refractivity contribution in [3.8, 4) is 11.1 Å². The van der Waals surface area contributed by atoms with E-state index in [2.05, 4.69) is 4.98 Å². The van der Waals surface area contributed by atoms with Crippen molar-refractivity contribution in [2.24, 2.45) is 0 Å². The summed E-state index contributed by atoms with van der Waals surface area (Å²) < 4.78 is 4.95. The van der Waals surface area contributed by atoms with Gasteiger partial charge in [0.2, 0.25) is 5.56 Å². The lowest BCUT2D eigenvalue weighted by atomic mass is 10.0. The summed E-state index contributed by atoms with van der Waals surface area (Å²) in [7, 11) is 0. The van der Waals surface area contributed by atoms with E-state index in [-0.39, 0.29) is 17.7 Å². The number of hydrogen-bond acceptors (Lipinski definition) is 3. The monoisotopic (exact) mass is 311 g/mol. The number of pyridine rings is 1. The van der Waals surface area contributed by atoms with E-state index in [1.807, 2.05) is 0 Å². The Hall–Kier alpha value is -1.78. The molecular weight excluding hydrogens is 301 g/mol. The summed E-state index contributed by atoms with van der Waals surface area (Å²) in [5.41, 5.74) is 0.924. The third-order valence-electron chi connectivity index (χ3n) is 2.59. The smallest absolute Gasteiger partial charge is 0.339 e. The lowest BCUT2D eigenvalue weighted by molar-refractivity contribution is 0.0527. The van der Waals surface area contributed by atoms with Crippen LogP contribution in [-0.2, 0) is 4.74 Å². The minimum Gasteiger partial charge on any atom is -0.462 e. The van der Waals surface area contributed by atoms with E-state index in [4.69, 9.17) is 27.9 Å².